The Morgan fingerprint density at radius 3 is 2.58 bits per heavy atom. The van der Waals surface area contributed by atoms with Gasteiger partial charge in [0.1, 0.15) is 0 Å². The molecule has 0 saturated carbocycles. The quantitative estimate of drug-likeness (QED) is 0.698. The third-order valence-corrected chi connectivity index (χ3v) is 4.82. The molecule has 0 aliphatic carbocycles. The summed E-state index contributed by atoms with van der Waals surface area (Å²) in [5.41, 5.74) is 1.39. The Kier molecular flexibility index (Phi) is 7.80. The van der Waals surface area contributed by atoms with Crippen molar-refractivity contribution in [1.82, 2.24) is 4.90 Å². The number of nitrogens with zero attached hydrogens (tertiary/aromatic N) is 1. The minimum Gasteiger partial charge on any atom is -0.481 e. The van der Waals surface area contributed by atoms with Crippen LogP contribution < -0.4 is 0 Å². The number of benzene rings is 1. The largest absolute Gasteiger partial charge is 0.481 e. The molecule has 1 atom stereocenters. The number of piperidine rings is 1. The van der Waals surface area contributed by atoms with Gasteiger partial charge in [-0.3, -0.25) is 9.59 Å². The summed E-state index contributed by atoms with van der Waals surface area (Å²) in [4.78, 5) is 24.8. The summed E-state index contributed by atoms with van der Waals surface area (Å²) < 4.78 is 0. The zero-order valence-corrected chi connectivity index (χ0v) is 14.5. The van der Waals surface area contributed by atoms with Crippen molar-refractivity contribution in [2.24, 2.45) is 5.92 Å². The van der Waals surface area contributed by atoms with Crippen LogP contribution in [0.25, 0.3) is 0 Å². The lowest BCUT2D eigenvalue weighted by atomic mass is 9.91. The van der Waals surface area contributed by atoms with E-state index in [0.29, 0.717) is 25.2 Å². The van der Waals surface area contributed by atoms with Crippen LogP contribution in [0.3, 0.4) is 0 Å². The predicted octanol–water partition coefficient (Wildman–Crippen LogP) is 3.89. The van der Waals surface area contributed by atoms with E-state index in [9.17, 15) is 9.59 Å². The Labute approximate surface area is 144 Å². The normalized spacial score (nSPS) is 17.7. The average Bonchev–Trinajstić information content (AvgIpc) is 2.59. The number of likely N-dealkylation sites (tertiary alicyclic amines) is 1. The number of amides is 1. The van der Waals surface area contributed by atoms with Crippen molar-refractivity contribution < 1.29 is 14.7 Å². The van der Waals surface area contributed by atoms with Gasteiger partial charge in [0.2, 0.25) is 5.91 Å². The fraction of sp³-hybridized carbons (Fsp3) is 0.600. The molecule has 0 radical (unpaired) electrons. The fourth-order valence-electron chi connectivity index (χ4n) is 3.48. The first-order chi connectivity index (χ1) is 11.6. The van der Waals surface area contributed by atoms with E-state index in [1.807, 2.05) is 11.0 Å². The van der Waals surface area contributed by atoms with Crippen molar-refractivity contribution in [3.05, 3.63) is 35.9 Å². The second-order valence-corrected chi connectivity index (χ2v) is 6.83. The highest BCUT2D eigenvalue weighted by Gasteiger charge is 2.22. The number of aliphatic carboxylic acids is 1. The van der Waals surface area contributed by atoms with E-state index in [1.54, 1.807) is 0 Å². The molecule has 1 amide bonds. The van der Waals surface area contributed by atoms with Crippen LogP contribution in [-0.4, -0.2) is 35.0 Å². The molecule has 1 aliphatic heterocycles. The third-order valence-electron chi connectivity index (χ3n) is 4.82. The molecule has 1 aromatic carbocycles. The van der Waals surface area contributed by atoms with Crippen LogP contribution in [0.5, 0.6) is 0 Å². The lowest BCUT2D eigenvalue weighted by Crippen LogP contribution is -2.39. The first-order valence-corrected chi connectivity index (χ1v) is 9.18. The summed E-state index contributed by atoms with van der Waals surface area (Å²) in [5.74, 6) is 0.0393. The molecule has 24 heavy (non-hydrogen) atoms. The molecule has 1 fully saturated rings. The van der Waals surface area contributed by atoms with Gasteiger partial charge in [-0.1, -0.05) is 30.3 Å². The Bertz CT molecular complexity index is 515. The van der Waals surface area contributed by atoms with Crippen molar-refractivity contribution in [1.29, 1.82) is 0 Å². The number of carbonyl (C=O) groups excluding carboxylic acids is 1. The molecule has 1 heterocycles. The molecule has 0 spiro atoms. The zero-order chi connectivity index (χ0) is 17.2. The van der Waals surface area contributed by atoms with Gasteiger partial charge < -0.3 is 10.0 Å². The van der Waals surface area contributed by atoms with Crippen LogP contribution in [-0.2, 0) is 16.0 Å². The summed E-state index contributed by atoms with van der Waals surface area (Å²) >= 11 is 0. The van der Waals surface area contributed by atoms with E-state index >= 15 is 0 Å². The third kappa shape index (κ3) is 6.73. The highest BCUT2D eigenvalue weighted by atomic mass is 16.4. The van der Waals surface area contributed by atoms with Gasteiger partial charge in [0.25, 0.3) is 0 Å². The lowest BCUT2D eigenvalue weighted by molar-refractivity contribution is -0.138. The standard InChI is InChI=1S/C20H29NO3/c22-19(13-4-5-14-20(23)24)21-15-7-12-18(16-21)11-6-10-17-8-2-1-3-9-17/h1-3,8-9,18H,4-7,10-16H2,(H,23,24). The van der Waals surface area contributed by atoms with E-state index in [2.05, 4.69) is 24.3 Å². The molecule has 132 valence electrons. The van der Waals surface area contributed by atoms with Crippen molar-refractivity contribution >= 4 is 11.9 Å². The number of carbonyl (C=O) groups is 2. The van der Waals surface area contributed by atoms with Gasteiger partial charge in [0.05, 0.1) is 0 Å². The fourth-order valence-corrected chi connectivity index (χ4v) is 3.48. The molecule has 1 aromatic rings. The molecular formula is C20H29NO3. The summed E-state index contributed by atoms with van der Waals surface area (Å²) in [5, 5.41) is 8.63. The number of rotatable bonds is 9. The van der Waals surface area contributed by atoms with Gasteiger partial charge in [-0.25, -0.2) is 0 Å². The molecule has 0 bridgehead atoms. The number of carboxylic acids is 1. The maximum atomic E-state index is 12.3. The van der Waals surface area contributed by atoms with Crippen LogP contribution in [0, 0.1) is 5.92 Å². The van der Waals surface area contributed by atoms with Gasteiger partial charge in [0.15, 0.2) is 0 Å². The summed E-state index contributed by atoms with van der Waals surface area (Å²) in [7, 11) is 0. The van der Waals surface area contributed by atoms with Crippen molar-refractivity contribution in [3.8, 4) is 0 Å². The highest BCUT2D eigenvalue weighted by Crippen LogP contribution is 2.23. The van der Waals surface area contributed by atoms with E-state index in [1.165, 1.54) is 24.8 Å². The van der Waals surface area contributed by atoms with Gasteiger partial charge in [-0.2, -0.15) is 0 Å². The smallest absolute Gasteiger partial charge is 0.303 e. The van der Waals surface area contributed by atoms with Gasteiger partial charge in [-0.05, 0) is 56.4 Å². The molecule has 4 nitrogen and oxygen atoms in total. The van der Waals surface area contributed by atoms with E-state index in [0.717, 1.165) is 25.9 Å². The molecular weight excluding hydrogens is 302 g/mol. The molecule has 2 rings (SSSR count). The summed E-state index contributed by atoms with van der Waals surface area (Å²) in [6, 6.07) is 10.6. The van der Waals surface area contributed by atoms with Gasteiger partial charge in [-0.15, -0.1) is 0 Å². The van der Waals surface area contributed by atoms with Crippen LogP contribution in [0.2, 0.25) is 0 Å². The molecule has 4 heteroatoms. The maximum Gasteiger partial charge on any atom is 0.303 e. The first-order valence-electron chi connectivity index (χ1n) is 9.18. The molecule has 1 unspecified atom stereocenters. The Balaban J connectivity index is 1.65. The first kappa shape index (κ1) is 18.5. The minimum atomic E-state index is -0.779. The number of hydrogen-bond acceptors (Lipinski definition) is 2. The molecule has 1 N–H and O–H groups in total. The topological polar surface area (TPSA) is 57.6 Å². The highest BCUT2D eigenvalue weighted by molar-refractivity contribution is 5.76. The van der Waals surface area contributed by atoms with Crippen molar-refractivity contribution in [2.75, 3.05) is 13.1 Å². The molecule has 0 aromatic heterocycles. The number of carboxylic acid groups (broad SMARTS) is 1. The number of unbranched alkanes of at least 4 members (excludes halogenated alkanes) is 1. The SMILES string of the molecule is O=C(O)CCCCC(=O)N1CCCC(CCCc2ccccc2)C1. The Morgan fingerprint density at radius 1 is 1.08 bits per heavy atom. The van der Waals surface area contributed by atoms with Crippen LogP contribution >= 0.6 is 0 Å². The molecule has 1 saturated heterocycles. The van der Waals surface area contributed by atoms with Crippen molar-refractivity contribution in [3.63, 3.8) is 0 Å². The van der Waals surface area contributed by atoms with Crippen LogP contribution in [0.1, 0.15) is 56.9 Å². The Morgan fingerprint density at radius 2 is 1.83 bits per heavy atom. The monoisotopic (exact) mass is 331 g/mol. The second-order valence-electron chi connectivity index (χ2n) is 6.83. The van der Waals surface area contributed by atoms with Crippen LogP contribution in [0.15, 0.2) is 30.3 Å². The van der Waals surface area contributed by atoms with E-state index in [4.69, 9.17) is 5.11 Å². The second kappa shape index (κ2) is 10.1. The van der Waals surface area contributed by atoms with Crippen LogP contribution in [0.4, 0.5) is 0 Å². The van der Waals surface area contributed by atoms with Gasteiger partial charge >= 0.3 is 5.97 Å². The number of hydrogen-bond donors (Lipinski definition) is 1. The minimum absolute atomic E-state index is 0.162. The van der Waals surface area contributed by atoms with Gasteiger partial charge in [0, 0.05) is 25.9 Å². The maximum absolute atomic E-state index is 12.3. The average molecular weight is 331 g/mol. The molecule has 1 aliphatic rings. The zero-order valence-electron chi connectivity index (χ0n) is 14.5. The summed E-state index contributed by atoms with van der Waals surface area (Å²) in [6.07, 6.45) is 7.71. The summed E-state index contributed by atoms with van der Waals surface area (Å²) in [6.45, 7) is 1.75. The van der Waals surface area contributed by atoms with E-state index < -0.39 is 5.97 Å². The van der Waals surface area contributed by atoms with Crippen molar-refractivity contribution in [2.45, 2.75) is 57.8 Å². The predicted molar refractivity (Wildman–Crippen MR) is 94.8 cm³/mol. The lowest BCUT2D eigenvalue weighted by Gasteiger charge is -2.33. The number of aryl methyl sites for hydroxylation is 1. The Hall–Kier alpha value is -1.84. The van der Waals surface area contributed by atoms with E-state index in [-0.39, 0.29) is 12.3 Å².